The first-order valence-corrected chi connectivity index (χ1v) is 6.37. The molecule has 0 unspecified atom stereocenters. The highest BCUT2D eigenvalue weighted by Gasteiger charge is 2.10. The molecule has 4 nitrogen and oxygen atoms in total. The molecule has 0 spiro atoms. The van der Waals surface area contributed by atoms with E-state index < -0.39 is 0 Å². The number of allylic oxidation sites excluding steroid dienone is 1. The van der Waals surface area contributed by atoms with E-state index in [2.05, 4.69) is 0 Å². The van der Waals surface area contributed by atoms with Crippen LogP contribution in [0.25, 0.3) is 5.57 Å². The predicted octanol–water partition coefficient (Wildman–Crippen LogP) is 3.04. The summed E-state index contributed by atoms with van der Waals surface area (Å²) < 4.78 is 10.5. The Labute approximate surface area is 123 Å². The molecule has 1 N–H and O–H groups in total. The second-order valence-electron chi connectivity index (χ2n) is 4.34. The van der Waals surface area contributed by atoms with Crippen LogP contribution in [0.1, 0.15) is 11.1 Å². The van der Waals surface area contributed by atoms with Crippen LogP contribution in [-0.2, 0) is 4.79 Å². The Bertz CT molecular complexity index is 674. The van der Waals surface area contributed by atoms with E-state index in [1.165, 1.54) is 6.08 Å². The van der Waals surface area contributed by atoms with Crippen LogP contribution in [-0.4, -0.2) is 25.6 Å². The fourth-order valence-electron chi connectivity index (χ4n) is 2.10. The van der Waals surface area contributed by atoms with Crippen LogP contribution >= 0.6 is 0 Å². The second kappa shape index (κ2) is 6.61. The van der Waals surface area contributed by atoms with Crippen molar-refractivity contribution in [1.82, 2.24) is 0 Å². The fourth-order valence-corrected chi connectivity index (χ4v) is 2.10. The predicted molar refractivity (Wildman–Crippen MR) is 80.8 cm³/mol. The fraction of sp³-hybridized carbons (Fsp3) is 0.118. The molecule has 0 saturated carbocycles. The minimum Gasteiger partial charge on any atom is -0.508 e. The molecule has 2 aromatic rings. The van der Waals surface area contributed by atoms with Gasteiger partial charge in [-0.3, -0.25) is 4.79 Å². The van der Waals surface area contributed by atoms with Crippen LogP contribution in [0, 0.1) is 0 Å². The molecule has 4 heteroatoms. The lowest BCUT2D eigenvalue weighted by Crippen LogP contribution is -1.94. The third-order valence-corrected chi connectivity index (χ3v) is 3.09. The number of rotatable bonds is 5. The molecule has 0 atom stereocenters. The van der Waals surface area contributed by atoms with Crippen LogP contribution in [0.3, 0.4) is 0 Å². The summed E-state index contributed by atoms with van der Waals surface area (Å²) in [5.74, 6) is 1.33. The van der Waals surface area contributed by atoms with Gasteiger partial charge in [-0.05, 0) is 47.0 Å². The summed E-state index contributed by atoms with van der Waals surface area (Å²) in [7, 11) is 3.12. The van der Waals surface area contributed by atoms with Crippen molar-refractivity contribution >= 4 is 11.9 Å². The number of hydrogen-bond acceptors (Lipinski definition) is 4. The zero-order chi connectivity index (χ0) is 15.2. The van der Waals surface area contributed by atoms with Crippen LogP contribution in [0.4, 0.5) is 0 Å². The van der Waals surface area contributed by atoms with Crippen LogP contribution in [0.5, 0.6) is 17.2 Å². The van der Waals surface area contributed by atoms with Gasteiger partial charge in [0.1, 0.15) is 12.0 Å². The lowest BCUT2D eigenvalue weighted by atomic mass is 9.97. The van der Waals surface area contributed by atoms with E-state index >= 15 is 0 Å². The molecule has 2 rings (SSSR count). The van der Waals surface area contributed by atoms with Gasteiger partial charge in [-0.1, -0.05) is 18.2 Å². The summed E-state index contributed by atoms with van der Waals surface area (Å²) >= 11 is 0. The van der Waals surface area contributed by atoms with Crippen molar-refractivity contribution in [3.05, 3.63) is 59.7 Å². The van der Waals surface area contributed by atoms with Crippen molar-refractivity contribution in [1.29, 1.82) is 0 Å². The number of hydrogen-bond donors (Lipinski definition) is 1. The lowest BCUT2D eigenvalue weighted by molar-refractivity contribution is -0.104. The molecule has 108 valence electrons. The van der Waals surface area contributed by atoms with Gasteiger partial charge in [-0.25, -0.2) is 0 Å². The number of aldehydes is 1. The number of carbonyl (C=O) groups excluding carboxylic acids is 1. The van der Waals surface area contributed by atoms with Gasteiger partial charge in [0.25, 0.3) is 0 Å². The van der Waals surface area contributed by atoms with E-state index in [0.29, 0.717) is 17.1 Å². The van der Waals surface area contributed by atoms with E-state index in [4.69, 9.17) is 9.47 Å². The van der Waals surface area contributed by atoms with Crippen LogP contribution in [0.15, 0.2) is 48.5 Å². The molecular weight excluding hydrogens is 268 g/mol. The van der Waals surface area contributed by atoms with Gasteiger partial charge in [0.05, 0.1) is 14.2 Å². The number of ether oxygens (including phenoxy) is 2. The van der Waals surface area contributed by atoms with Crippen LogP contribution < -0.4 is 9.47 Å². The quantitative estimate of drug-likeness (QED) is 0.677. The highest BCUT2D eigenvalue weighted by atomic mass is 16.5. The van der Waals surface area contributed by atoms with Crippen molar-refractivity contribution in [2.45, 2.75) is 0 Å². The average Bonchev–Trinajstić information content (AvgIpc) is 2.52. The number of phenols is 1. The van der Waals surface area contributed by atoms with Crippen molar-refractivity contribution < 1.29 is 19.4 Å². The first-order valence-electron chi connectivity index (χ1n) is 6.37. The van der Waals surface area contributed by atoms with Gasteiger partial charge >= 0.3 is 0 Å². The van der Waals surface area contributed by atoms with E-state index in [9.17, 15) is 9.90 Å². The molecule has 0 saturated heterocycles. The van der Waals surface area contributed by atoms with Gasteiger partial charge in [-0.15, -0.1) is 0 Å². The summed E-state index contributed by atoms with van der Waals surface area (Å²) in [5, 5.41) is 9.60. The van der Waals surface area contributed by atoms with Gasteiger partial charge in [0.2, 0.25) is 0 Å². The molecule has 0 bridgehead atoms. The van der Waals surface area contributed by atoms with E-state index in [1.54, 1.807) is 44.6 Å². The highest BCUT2D eigenvalue weighted by Crippen LogP contribution is 2.33. The Morgan fingerprint density at radius 3 is 2.33 bits per heavy atom. The minimum absolute atomic E-state index is 0.143. The lowest BCUT2D eigenvalue weighted by Gasteiger charge is -2.12. The Kier molecular flexibility index (Phi) is 4.61. The molecule has 0 fully saturated rings. The van der Waals surface area contributed by atoms with Gasteiger partial charge in [-0.2, -0.15) is 0 Å². The molecule has 0 aliphatic heterocycles. The standard InChI is InChI=1S/C17H16O4/c1-20-16-7-6-13(11-17(16)21-2)15(8-9-18)12-4-3-5-14(19)10-12/h3-11,19H,1-2H3/b15-8+. The number of methoxy groups -OCH3 is 2. The number of phenolic OH excluding ortho intramolecular Hbond substituents is 1. The summed E-state index contributed by atoms with van der Waals surface area (Å²) in [6, 6.07) is 12.1. The van der Waals surface area contributed by atoms with Crippen molar-refractivity contribution in [2.24, 2.45) is 0 Å². The Morgan fingerprint density at radius 1 is 1.00 bits per heavy atom. The summed E-state index contributed by atoms with van der Waals surface area (Å²) in [5.41, 5.74) is 2.24. The normalized spacial score (nSPS) is 11.0. The molecule has 0 heterocycles. The molecule has 2 aromatic carbocycles. The zero-order valence-corrected chi connectivity index (χ0v) is 11.9. The number of benzene rings is 2. The Morgan fingerprint density at radius 2 is 1.71 bits per heavy atom. The highest BCUT2D eigenvalue weighted by molar-refractivity contribution is 5.90. The SMILES string of the molecule is COc1ccc(/C(=C/C=O)c2cccc(O)c2)cc1OC. The van der Waals surface area contributed by atoms with Crippen molar-refractivity contribution in [3.8, 4) is 17.2 Å². The monoisotopic (exact) mass is 284 g/mol. The van der Waals surface area contributed by atoms with Gasteiger partial charge < -0.3 is 14.6 Å². The summed E-state index contributed by atoms with van der Waals surface area (Å²) in [6.45, 7) is 0. The van der Waals surface area contributed by atoms with E-state index in [0.717, 1.165) is 17.4 Å². The molecule has 0 aliphatic rings. The zero-order valence-electron chi connectivity index (χ0n) is 11.9. The maximum atomic E-state index is 10.9. The Hall–Kier alpha value is -2.75. The third-order valence-electron chi connectivity index (χ3n) is 3.09. The molecule has 0 aliphatic carbocycles. The molecule has 0 amide bonds. The smallest absolute Gasteiger partial charge is 0.161 e. The minimum atomic E-state index is 0.143. The van der Waals surface area contributed by atoms with Crippen LogP contribution in [0.2, 0.25) is 0 Å². The summed E-state index contributed by atoms with van der Waals surface area (Å²) in [4.78, 5) is 10.9. The first kappa shape index (κ1) is 14.7. The maximum absolute atomic E-state index is 10.9. The molecule has 0 radical (unpaired) electrons. The third kappa shape index (κ3) is 3.23. The maximum Gasteiger partial charge on any atom is 0.161 e. The number of aromatic hydroxyl groups is 1. The summed E-state index contributed by atoms with van der Waals surface area (Å²) in [6.07, 6.45) is 2.17. The van der Waals surface area contributed by atoms with E-state index in [-0.39, 0.29) is 5.75 Å². The van der Waals surface area contributed by atoms with Gasteiger partial charge in [0, 0.05) is 0 Å². The molecular formula is C17H16O4. The van der Waals surface area contributed by atoms with Crippen molar-refractivity contribution in [2.75, 3.05) is 14.2 Å². The molecule has 21 heavy (non-hydrogen) atoms. The second-order valence-corrected chi connectivity index (χ2v) is 4.34. The van der Waals surface area contributed by atoms with Crippen molar-refractivity contribution in [3.63, 3.8) is 0 Å². The number of carbonyl (C=O) groups is 1. The van der Waals surface area contributed by atoms with Gasteiger partial charge in [0.15, 0.2) is 11.5 Å². The Balaban J connectivity index is 2.54. The molecule has 0 aromatic heterocycles. The first-order chi connectivity index (χ1) is 10.2. The topological polar surface area (TPSA) is 55.8 Å². The average molecular weight is 284 g/mol. The van der Waals surface area contributed by atoms with E-state index in [1.807, 2.05) is 12.1 Å². The largest absolute Gasteiger partial charge is 0.508 e.